The lowest BCUT2D eigenvalue weighted by Gasteiger charge is -2.36. The SMILES string of the molecule is CC(C)(Br)C(=O)OCCC(COC(=O)C(C)(C)Br)(OC(=O)C(C)(C)Br)OC(=O)C(C)(C)Br. The molecular weight excluding hydrogens is 688 g/mol. The number of esters is 4. The molecule has 8 nitrogen and oxygen atoms in total. The van der Waals surface area contributed by atoms with Crippen molar-refractivity contribution in [3.63, 3.8) is 0 Å². The minimum absolute atomic E-state index is 0.276. The lowest BCUT2D eigenvalue weighted by atomic mass is 10.1. The van der Waals surface area contributed by atoms with E-state index in [2.05, 4.69) is 63.7 Å². The van der Waals surface area contributed by atoms with E-state index in [9.17, 15) is 19.2 Å². The molecule has 0 saturated carbocycles. The first-order chi connectivity index (χ1) is 14.0. The van der Waals surface area contributed by atoms with E-state index in [0.29, 0.717) is 0 Å². The van der Waals surface area contributed by atoms with E-state index >= 15 is 0 Å². The van der Waals surface area contributed by atoms with Gasteiger partial charge in [0.1, 0.15) is 17.3 Å². The van der Waals surface area contributed by atoms with Gasteiger partial charge in [-0.2, -0.15) is 0 Å². The highest BCUT2D eigenvalue weighted by molar-refractivity contribution is 9.10. The molecule has 0 aromatic rings. The van der Waals surface area contributed by atoms with Crippen molar-refractivity contribution < 1.29 is 38.1 Å². The molecule has 0 aromatic carbocycles. The van der Waals surface area contributed by atoms with Gasteiger partial charge in [0.05, 0.1) is 13.0 Å². The normalized spacial score (nSPS) is 13.2. The summed E-state index contributed by atoms with van der Waals surface area (Å²) < 4.78 is 17.4. The first kappa shape index (κ1) is 31.8. The van der Waals surface area contributed by atoms with E-state index in [-0.39, 0.29) is 13.0 Å². The van der Waals surface area contributed by atoms with Crippen LogP contribution >= 0.6 is 63.7 Å². The van der Waals surface area contributed by atoms with Gasteiger partial charge < -0.3 is 18.9 Å². The van der Waals surface area contributed by atoms with Gasteiger partial charge in [0, 0.05) is 0 Å². The fourth-order valence-corrected chi connectivity index (χ4v) is 2.04. The summed E-state index contributed by atoms with van der Waals surface area (Å²) in [5.41, 5.74) is 0. The molecule has 12 heteroatoms. The van der Waals surface area contributed by atoms with E-state index < -0.39 is 53.6 Å². The van der Waals surface area contributed by atoms with Gasteiger partial charge in [0.15, 0.2) is 6.61 Å². The Kier molecular flexibility index (Phi) is 11.4. The number of alkyl halides is 4. The van der Waals surface area contributed by atoms with Gasteiger partial charge in [-0.1, -0.05) is 63.7 Å². The van der Waals surface area contributed by atoms with Crippen LogP contribution in [0.25, 0.3) is 0 Å². The van der Waals surface area contributed by atoms with Gasteiger partial charge in [-0.3, -0.25) is 19.2 Å². The van der Waals surface area contributed by atoms with Crippen molar-refractivity contribution in [1.82, 2.24) is 0 Å². The van der Waals surface area contributed by atoms with Crippen molar-refractivity contribution in [2.45, 2.75) is 84.9 Å². The van der Waals surface area contributed by atoms with Crippen molar-refractivity contribution in [3.05, 3.63) is 0 Å². The second-order valence-electron chi connectivity index (χ2n) is 9.04. The van der Waals surface area contributed by atoms with Gasteiger partial charge in [-0.05, 0) is 55.4 Å². The van der Waals surface area contributed by atoms with Crippen molar-refractivity contribution in [3.8, 4) is 0 Å². The van der Waals surface area contributed by atoms with Crippen LogP contribution in [0.3, 0.4) is 0 Å². The lowest BCUT2D eigenvalue weighted by molar-refractivity contribution is -0.251. The number of rotatable bonds is 11. The van der Waals surface area contributed by atoms with E-state index in [0.717, 1.165) is 0 Å². The molecule has 0 aliphatic rings. The largest absolute Gasteiger partial charge is 0.464 e. The Morgan fingerprint density at radius 3 is 1.19 bits per heavy atom. The zero-order valence-corrected chi connectivity index (χ0v) is 25.7. The number of carbonyl (C=O) groups excluding carboxylic acids is 4. The summed E-state index contributed by atoms with van der Waals surface area (Å²) in [6.07, 6.45) is -0.276. The minimum atomic E-state index is -2.05. The molecule has 0 aromatic heterocycles. The first-order valence-electron chi connectivity index (χ1n) is 9.58. The Morgan fingerprint density at radius 2 is 0.875 bits per heavy atom. The Morgan fingerprint density at radius 1 is 0.562 bits per heavy atom. The second kappa shape index (κ2) is 11.5. The zero-order valence-electron chi connectivity index (χ0n) is 19.4. The van der Waals surface area contributed by atoms with Crippen molar-refractivity contribution in [2.75, 3.05) is 13.2 Å². The molecule has 0 amide bonds. The van der Waals surface area contributed by atoms with E-state index in [4.69, 9.17) is 18.9 Å². The molecule has 186 valence electrons. The number of ether oxygens (including phenoxy) is 4. The first-order valence-corrected chi connectivity index (χ1v) is 12.8. The molecule has 0 atom stereocenters. The predicted octanol–water partition coefficient (Wildman–Crippen LogP) is 4.94. The Bertz CT molecular complexity index is 681. The van der Waals surface area contributed by atoms with Gasteiger partial charge in [-0.15, -0.1) is 0 Å². The summed E-state index contributed by atoms with van der Waals surface area (Å²) in [6.45, 7) is 11.6. The fraction of sp³-hybridized carbons (Fsp3) is 0.800. The highest BCUT2D eigenvalue weighted by Crippen LogP contribution is 2.31. The molecule has 0 fully saturated rings. The van der Waals surface area contributed by atoms with Gasteiger partial charge in [-0.25, -0.2) is 0 Å². The number of carbonyl (C=O) groups is 4. The van der Waals surface area contributed by atoms with Crippen molar-refractivity contribution in [2.24, 2.45) is 0 Å². The monoisotopic (exact) mass is 714 g/mol. The maximum Gasteiger partial charge on any atom is 0.325 e. The lowest BCUT2D eigenvalue weighted by Crippen LogP contribution is -2.51. The molecule has 0 spiro atoms. The number of halogens is 4. The quantitative estimate of drug-likeness (QED) is 0.128. The molecule has 0 rings (SSSR count). The molecular formula is C20H30Br4O8. The van der Waals surface area contributed by atoms with Gasteiger partial charge in [0.25, 0.3) is 5.79 Å². The molecule has 0 unspecified atom stereocenters. The molecule has 0 bridgehead atoms. The minimum Gasteiger partial charge on any atom is -0.464 e. The summed E-state index contributed by atoms with van der Waals surface area (Å²) in [4.78, 5) is 49.8. The molecule has 0 radical (unpaired) electrons. The molecule has 32 heavy (non-hydrogen) atoms. The Hall–Kier alpha value is -0.200. The highest BCUT2D eigenvalue weighted by atomic mass is 79.9. The number of hydrogen-bond donors (Lipinski definition) is 0. The van der Waals surface area contributed by atoms with Crippen LogP contribution in [-0.2, 0) is 38.1 Å². The summed E-state index contributed by atoms with van der Waals surface area (Å²) >= 11 is 12.8. The van der Waals surface area contributed by atoms with Crippen LogP contribution < -0.4 is 0 Å². The van der Waals surface area contributed by atoms with Crippen molar-refractivity contribution >= 4 is 87.6 Å². The average Bonchev–Trinajstić information content (AvgIpc) is 2.55. The smallest absolute Gasteiger partial charge is 0.325 e. The second-order valence-corrected chi connectivity index (χ2v) is 17.0. The van der Waals surface area contributed by atoms with E-state index in [1.54, 1.807) is 27.7 Å². The van der Waals surface area contributed by atoms with Gasteiger partial charge in [0.2, 0.25) is 0 Å². The van der Waals surface area contributed by atoms with Crippen LogP contribution in [0.5, 0.6) is 0 Å². The highest BCUT2D eigenvalue weighted by Gasteiger charge is 2.46. The van der Waals surface area contributed by atoms with Gasteiger partial charge >= 0.3 is 23.9 Å². The van der Waals surface area contributed by atoms with E-state index in [1.165, 1.54) is 27.7 Å². The van der Waals surface area contributed by atoms with Crippen LogP contribution in [0.15, 0.2) is 0 Å². The zero-order chi connectivity index (χ0) is 25.8. The van der Waals surface area contributed by atoms with Crippen LogP contribution in [0.2, 0.25) is 0 Å². The summed E-state index contributed by atoms with van der Waals surface area (Å²) in [5, 5.41) is 0. The van der Waals surface area contributed by atoms with E-state index in [1.807, 2.05) is 0 Å². The predicted molar refractivity (Wildman–Crippen MR) is 133 cm³/mol. The molecule has 0 N–H and O–H groups in total. The maximum atomic E-state index is 12.7. The Labute approximate surface area is 222 Å². The third-order valence-electron chi connectivity index (χ3n) is 3.64. The van der Waals surface area contributed by atoms with Crippen LogP contribution in [0.4, 0.5) is 0 Å². The summed E-state index contributed by atoms with van der Waals surface area (Å²) in [6, 6.07) is 0. The fourth-order valence-electron chi connectivity index (χ4n) is 1.65. The summed E-state index contributed by atoms with van der Waals surface area (Å²) in [7, 11) is 0. The third kappa shape index (κ3) is 11.3. The topological polar surface area (TPSA) is 105 Å². The molecule has 0 aliphatic carbocycles. The molecule has 0 heterocycles. The maximum absolute atomic E-state index is 12.7. The average molecular weight is 718 g/mol. The molecule has 0 saturated heterocycles. The number of hydrogen-bond acceptors (Lipinski definition) is 8. The van der Waals surface area contributed by atoms with Crippen LogP contribution in [0, 0.1) is 0 Å². The molecule has 0 aliphatic heterocycles. The van der Waals surface area contributed by atoms with Crippen molar-refractivity contribution in [1.29, 1.82) is 0 Å². The third-order valence-corrected chi connectivity index (χ3v) is 4.93. The summed E-state index contributed by atoms with van der Waals surface area (Å²) in [5.74, 6) is -4.86. The van der Waals surface area contributed by atoms with Crippen LogP contribution in [0.1, 0.15) is 61.8 Å². The van der Waals surface area contributed by atoms with Crippen LogP contribution in [-0.4, -0.2) is 60.2 Å². The standard InChI is InChI=1S/C20H30Br4O8/c1-16(2,21)12(25)29-10-9-20(31-14(27)18(5,6)23,32-15(28)19(7,8)24)11-30-13(26)17(3,4)22/h9-11H2,1-8H3. The Balaban J connectivity index is 6.04.